The summed E-state index contributed by atoms with van der Waals surface area (Å²) in [6, 6.07) is 0.113. The quantitative estimate of drug-likeness (QED) is 0.240. The predicted octanol–water partition coefficient (Wildman–Crippen LogP) is 6.95. The fourth-order valence-electron chi connectivity index (χ4n) is 4.36. The van der Waals surface area contributed by atoms with Gasteiger partial charge in [0.25, 0.3) is 0 Å². The summed E-state index contributed by atoms with van der Waals surface area (Å²) in [5, 5.41) is 0. The van der Waals surface area contributed by atoms with Gasteiger partial charge in [0.1, 0.15) is 0 Å². The molecule has 4 N–H and O–H groups in total. The van der Waals surface area contributed by atoms with Crippen molar-refractivity contribution in [1.82, 2.24) is 0 Å². The Labute approximate surface area is 219 Å². The van der Waals surface area contributed by atoms with Gasteiger partial charge in [-0.1, -0.05) is 41.5 Å². The average molecular weight is 501 g/mol. The zero-order chi connectivity index (χ0) is 28.3. The van der Waals surface area contributed by atoms with E-state index in [9.17, 15) is 0 Å². The molecule has 0 spiro atoms. The van der Waals surface area contributed by atoms with Gasteiger partial charge in [0.15, 0.2) is 0 Å². The zero-order valence-electron chi connectivity index (χ0n) is 26.5. The minimum atomic E-state index is -0.325. The lowest BCUT2D eigenvalue weighted by Crippen LogP contribution is -2.51. The van der Waals surface area contributed by atoms with Crippen LogP contribution >= 0.6 is 0 Å². The Kier molecular flexibility index (Phi) is 12.0. The molecule has 0 saturated carbocycles. The molecule has 0 rings (SSSR count). The highest BCUT2D eigenvalue weighted by Crippen LogP contribution is 2.45. The van der Waals surface area contributed by atoms with Crippen LogP contribution in [0.1, 0.15) is 124 Å². The van der Waals surface area contributed by atoms with E-state index in [1.807, 2.05) is 6.92 Å². The summed E-state index contributed by atoms with van der Waals surface area (Å²) in [5.74, 6) is 0.566. The Morgan fingerprint density at radius 1 is 0.714 bits per heavy atom. The molecule has 35 heavy (non-hydrogen) atoms. The molecule has 4 unspecified atom stereocenters. The molecule has 0 aliphatic carbocycles. The third-order valence-electron chi connectivity index (χ3n) is 9.50. The number of hydrogen-bond acceptors (Lipinski definition) is 5. The summed E-state index contributed by atoms with van der Waals surface area (Å²) in [5.41, 5.74) is 11.0. The highest BCUT2D eigenvalue weighted by molar-refractivity contribution is 4.95. The summed E-state index contributed by atoms with van der Waals surface area (Å²) in [7, 11) is 0. The van der Waals surface area contributed by atoms with E-state index in [1.54, 1.807) is 0 Å². The standard InChI is InChI=1S/C30H64N2O3/c1-21(28(11,12)32)20-34-29(13,14)25(5,6)17-18-33-30(15,16)27(9,10)23(3)24(4)35-26(7,8)19-22(2)31/h21-24H,17-20,31-32H2,1-16H3. The maximum Gasteiger partial charge on any atom is 0.0680 e. The topological polar surface area (TPSA) is 79.7 Å². The summed E-state index contributed by atoms with van der Waals surface area (Å²) in [4.78, 5) is 0. The normalized spacial score (nSPS) is 18.3. The van der Waals surface area contributed by atoms with Crippen LogP contribution in [0.3, 0.4) is 0 Å². The van der Waals surface area contributed by atoms with Gasteiger partial charge in [-0.25, -0.2) is 0 Å². The van der Waals surface area contributed by atoms with Crippen LogP contribution in [-0.4, -0.2) is 47.7 Å². The monoisotopic (exact) mass is 500 g/mol. The number of rotatable bonds is 16. The molecule has 0 amide bonds. The van der Waals surface area contributed by atoms with Crippen molar-refractivity contribution in [3.63, 3.8) is 0 Å². The average Bonchev–Trinajstić information content (AvgIpc) is 2.62. The first-order valence-corrected chi connectivity index (χ1v) is 13.8. The molecule has 5 heteroatoms. The largest absolute Gasteiger partial charge is 0.375 e. The smallest absolute Gasteiger partial charge is 0.0680 e. The van der Waals surface area contributed by atoms with E-state index in [0.717, 1.165) is 12.8 Å². The van der Waals surface area contributed by atoms with Gasteiger partial charge in [0.2, 0.25) is 0 Å². The molecule has 0 bridgehead atoms. The lowest BCUT2D eigenvalue weighted by atomic mass is 9.66. The molecule has 0 aromatic heterocycles. The van der Waals surface area contributed by atoms with Crippen LogP contribution in [0.25, 0.3) is 0 Å². The van der Waals surface area contributed by atoms with Gasteiger partial charge in [-0.15, -0.1) is 0 Å². The van der Waals surface area contributed by atoms with E-state index >= 15 is 0 Å². The van der Waals surface area contributed by atoms with Gasteiger partial charge in [0.05, 0.1) is 29.5 Å². The summed E-state index contributed by atoms with van der Waals surface area (Å²) in [6.45, 7) is 36.3. The van der Waals surface area contributed by atoms with Gasteiger partial charge < -0.3 is 25.7 Å². The number of hydrogen-bond donors (Lipinski definition) is 2. The maximum absolute atomic E-state index is 6.62. The van der Waals surface area contributed by atoms with Crippen LogP contribution < -0.4 is 11.5 Å². The summed E-state index contributed by atoms with van der Waals surface area (Å²) >= 11 is 0. The Balaban J connectivity index is 5.17. The summed E-state index contributed by atoms with van der Waals surface area (Å²) in [6.07, 6.45) is 1.82. The van der Waals surface area contributed by atoms with Gasteiger partial charge in [-0.2, -0.15) is 0 Å². The van der Waals surface area contributed by atoms with E-state index in [-0.39, 0.29) is 51.2 Å². The Hall–Kier alpha value is -0.200. The van der Waals surface area contributed by atoms with Gasteiger partial charge in [0, 0.05) is 18.2 Å². The van der Waals surface area contributed by atoms with Crippen LogP contribution in [0.4, 0.5) is 0 Å². The molecule has 0 aliphatic rings. The first-order chi connectivity index (χ1) is 15.3. The second-order valence-electron chi connectivity index (χ2n) is 14.8. The first kappa shape index (κ1) is 34.8. The second-order valence-corrected chi connectivity index (χ2v) is 14.8. The molecule has 5 nitrogen and oxygen atoms in total. The third kappa shape index (κ3) is 10.2. The Morgan fingerprint density at radius 3 is 1.63 bits per heavy atom. The Morgan fingerprint density at radius 2 is 1.20 bits per heavy atom. The van der Waals surface area contributed by atoms with E-state index in [1.165, 1.54) is 0 Å². The fraction of sp³-hybridized carbons (Fsp3) is 1.00. The molecule has 0 aromatic rings. The van der Waals surface area contributed by atoms with Crippen molar-refractivity contribution in [1.29, 1.82) is 0 Å². The third-order valence-corrected chi connectivity index (χ3v) is 9.50. The van der Waals surface area contributed by atoms with Crippen LogP contribution in [0, 0.1) is 22.7 Å². The van der Waals surface area contributed by atoms with Crippen molar-refractivity contribution in [3.8, 4) is 0 Å². The zero-order valence-corrected chi connectivity index (χ0v) is 26.5. The van der Waals surface area contributed by atoms with Gasteiger partial charge >= 0.3 is 0 Å². The van der Waals surface area contributed by atoms with Gasteiger partial charge in [-0.3, -0.25) is 0 Å². The second kappa shape index (κ2) is 12.1. The lowest BCUT2D eigenvalue weighted by Gasteiger charge is -2.49. The van der Waals surface area contributed by atoms with Gasteiger partial charge in [-0.05, 0) is 105 Å². The van der Waals surface area contributed by atoms with Crippen molar-refractivity contribution in [2.24, 2.45) is 34.1 Å². The maximum atomic E-state index is 6.62. The van der Waals surface area contributed by atoms with E-state index in [4.69, 9.17) is 25.7 Å². The number of ether oxygens (including phenoxy) is 3. The van der Waals surface area contributed by atoms with Crippen molar-refractivity contribution < 1.29 is 14.2 Å². The molecule has 0 aromatic carbocycles. The number of nitrogens with two attached hydrogens (primary N) is 2. The highest BCUT2D eigenvalue weighted by Gasteiger charge is 2.46. The molecule has 0 radical (unpaired) electrons. The Bertz CT molecular complexity index is 630. The molecular weight excluding hydrogens is 436 g/mol. The first-order valence-electron chi connectivity index (χ1n) is 13.8. The minimum absolute atomic E-state index is 0.0589. The molecule has 0 fully saturated rings. The van der Waals surface area contributed by atoms with Crippen molar-refractivity contribution in [3.05, 3.63) is 0 Å². The molecular formula is C30H64N2O3. The van der Waals surface area contributed by atoms with Crippen LogP contribution in [0.2, 0.25) is 0 Å². The minimum Gasteiger partial charge on any atom is -0.375 e. The molecule has 0 saturated heterocycles. The SMILES string of the molecule is CC(N)CC(C)(C)OC(C)C(C)C(C)(C)C(C)(C)OCCC(C)(C)C(C)(C)OCC(C)C(C)(C)N. The molecule has 0 aliphatic heterocycles. The van der Waals surface area contributed by atoms with Crippen molar-refractivity contribution >= 4 is 0 Å². The van der Waals surface area contributed by atoms with Crippen molar-refractivity contribution in [2.75, 3.05) is 13.2 Å². The van der Waals surface area contributed by atoms with E-state index in [2.05, 4.69) is 104 Å². The van der Waals surface area contributed by atoms with Crippen LogP contribution in [-0.2, 0) is 14.2 Å². The van der Waals surface area contributed by atoms with Crippen molar-refractivity contribution in [2.45, 2.75) is 158 Å². The van der Waals surface area contributed by atoms with Crippen LogP contribution in [0.15, 0.2) is 0 Å². The van der Waals surface area contributed by atoms with E-state index in [0.29, 0.717) is 19.1 Å². The fourth-order valence-corrected chi connectivity index (χ4v) is 4.36. The van der Waals surface area contributed by atoms with Crippen LogP contribution in [0.5, 0.6) is 0 Å². The molecule has 212 valence electrons. The molecule has 0 heterocycles. The molecule has 4 atom stereocenters. The predicted molar refractivity (Wildman–Crippen MR) is 152 cm³/mol. The van der Waals surface area contributed by atoms with E-state index < -0.39 is 0 Å². The lowest BCUT2D eigenvalue weighted by molar-refractivity contribution is -0.173. The summed E-state index contributed by atoms with van der Waals surface area (Å²) < 4.78 is 19.5. The highest BCUT2D eigenvalue weighted by atomic mass is 16.5.